The molecule has 184 valence electrons. The molecule has 1 aromatic carbocycles. The van der Waals surface area contributed by atoms with E-state index in [1.807, 2.05) is 4.72 Å². The van der Waals surface area contributed by atoms with Gasteiger partial charge in [-0.1, -0.05) is 18.2 Å². The fraction of sp³-hybridized carbons (Fsp3) is 0.571. The van der Waals surface area contributed by atoms with Gasteiger partial charge < -0.3 is 16.2 Å². The predicted molar refractivity (Wildman–Crippen MR) is 121 cm³/mol. The largest absolute Gasteiger partial charge is 0.479 e. The second kappa shape index (κ2) is 12.8. The quantitative estimate of drug-likeness (QED) is 0.119. The molecule has 0 bridgehead atoms. The molecular formula is C21H33N5O6S. The molecule has 7 N–H and O–H groups in total. The lowest BCUT2D eigenvalue weighted by atomic mass is 9.92. The lowest BCUT2D eigenvalue weighted by molar-refractivity contribution is -0.146. The van der Waals surface area contributed by atoms with Crippen LogP contribution in [0.3, 0.4) is 0 Å². The number of nitrogens with one attached hydrogen (secondary N) is 4. The van der Waals surface area contributed by atoms with Crippen LogP contribution in [0.2, 0.25) is 0 Å². The number of aliphatic carboxylic acids is 1. The van der Waals surface area contributed by atoms with Crippen molar-refractivity contribution in [2.75, 3.05) is 19.6 Å². The number of ketones is 1. The lowest BCUT2D eigenvalue weighted by Crippen LogP contribution is -2.62. The number of carbonyl (C=O) groups is 3. The third kappa shape index (κ3) is 9.18. The zero-order valence-corrected chi connectivity index (χ0v) is 19.3. The van der Waals surface area contributed by atoms with Crippen molar-refractivity contribution in [2.45, 2.75) is 55.5 Å². The van der Waals surface area contributed by atoms with Gasteiger partial charge in [0.2, 0.25) is 15.9 Å². The number of sulfonamides is 1. The minimum atomic E-state index is -4.25. The Balaban J connectivity index is 1.72. The van der Waals surface area contributed by atoms with Crippen LogP contribution in [0.15, 0.2) is 35.2 Å². The molecule has 2 rings (SSSR count). The maximum absolute atomic E-state index is 12.4. The molecular weight excluding hydrogens is 450 g/mol. The highest BCUT2D eigenvalue weighted by Crippen LogP contribution is 2.18. The predicted octanol–water partition coefficient (Wildman–Crippen LogP) is -0.155. The van der Waals surface area contributed by atoms with Gasteiger partial charge in [-0.25, -0.2) is 18.6 Å². The number of carboxylic acid groups (broad SMARTS) is 1. The van der Waals surface area contributed by atoms with Crippen LogP contribution in [0, 0.1) is 5.92 Å². The molecule has 1 heterocycles. The number of carboxylic acids is 1. The highest BCUT2D eigenvalue weighted by atomic mass is 32.2. The van der Waals surface area contributed by atoms with Gasteiger partial charge in [-0.05, 0) is 56.8 Å². The molecule has 1 aromatic rings. The Morgan fingerprint density at radius 1 is 1.12 bits per heavy atom. The number of amides is 1. The van der Waals surface area contributed by atoms with Gasteiger partial charge in [0.15, 0.2) is 5.66 Å². The Morgan fingerprint density at radius 3 is 2.42 bits per heavy atom. The second-order valence-corrected chi connectivity index (χ2v) is 9.90. The van der Waals surface area contributed by atoms with Crippen molar-refractivity contribution in [2.24, 2.45) is 11.7 Å². The van der Waals surface area contributed by atoms with E-state index in [2.05, 4.69) is 16.2 Å². The van der Waals surface area contributed by atoms with Crippen molar-refractivity contribution in [1.82, 2.24) is 20.9 Å². The molecule has 0 saturated carbocycles. The van der Waals surface area contributed by atoms with Gasteiger partial charge in [0.25, 0.3) is 0 Å². The molecule has 1 aliphatic heterocycles. The van der Waals surface area contributed by atoms with Gasteiger partial charge >= 0.3 is 5.97 Å². The van der Waals surface area contributed by atoms with Gasteiger partial charge in [0.05, 0.1) is 4.90 Å². The number of hydrogen-bond donors (Lipinski definition) is 6. The molecule has 0 aliphatic carbocycles. The highest BCUT2D eigenvalue weighted by Gasteiger charge is 2.40. The Labute approximate surface area is 193 Å². The van der Waals surface area contributed by atoms with Gasteiger partial charge in [0, 0.05) is 25.8 Å². The van der Waals surface area contributed by atoms with Crippen LogP contribution in [-0.2, 0) is 24.4 Å². The molecule has 0 aromatic heterocycles. The second-order valence-electron chi connectivity index (χ2n) is 8.22. The first-order chi connectivity index (χ1) is 15.6. The van der Waals surface area contributed by atoms with Crippen molar-refractivity contribution < 1.29 is 27.9 Å². The summed E-state index contributed by atoms with van der Waals surface area (Å²) >= 11 is 0. The number of hydrazine groups is 1. The molecule has 1 unspecified atom stereocenters. The molecule has 12 heteroatoms. The summed E-state index contributed by atoms with van der Waals surface area (Å²) in [6.07, 6.45) is 3.52. The first kappa shape index (κ1) is 26.9. The van der Waals surface area contributed by atoms with E-state index in [4.69, 9.17) is 5.73 Å². The van der Waals surface area contributed by atoms with Gasteiger partial charge in [0.1, 0.15) is 5.78 Å². The normalized spacial score (nSPS) is 16.6. The van der Waals surface area contributed by atoms with Crippen LogP contribution in [-0.4, -0.2) is 56.5 Å². The smallest absolute Gasteiger partial charge is 0.340 e. The zero-order chi connectivity index (χ0) is 24.3. The summed E-state index contributed by atoms with van der Waals surface area (Å²) in [7, 11) is -4.25. The molecule has 33 heavy (non-hydrogen) atoms. The van der Waals surface area contributed by atoms with Gasteiger partial charge in [-0.3, -0.25) is 15.0 Å². The average Bonchev–Trinajstić information content (AvgIpc) is 2.77. The SMILES string of the molecule is NC(CC(=O)CCNNC(=O)CCCC1CCNCC1)(NS(=O)(=O)c1ccccc1)C(=O)O. The molecule has 0 radical (unpaired) electrons. The summed E-state index contributed by atoms with van der Waals surface area (Å²) in [5, 5.41) is 12.7. The van der Waals surface area contributed by atoms with Crippen molar-refractivity contribution in [1.29, 1.82) is 0 Å². The molecule has 11 nitrogen and oxygen atoms in total. The number of rotatable bonds is 14. The summed E-state index contributed by atoms with van der Waals surface area (Å²) in [5.41, 5.74) is 8.38. The Kier molecular flexibility index (Phi) is 10.4. The highest BCUT2D eigenvalue weighted by molar-refractivity contribution is 7.89. The van der Waals surface area contributed by atoms with Crippen LogP contribution in [0.4, 0.5) is 0 Å². The van der Waals surface area contributed by atoms with Crippen molar-refractivity contribution >= 4 is 27.7 Å². The van der Waals surface area contributed by atoms with Crippen molar-refractivity contribution in [3.05, 3.63) is 30.3 Å². The van der Waals surface area contributed by atoms with Gasteiger partial charge in [-0.2, -0.15) is 4.72 Å². The summed E-state index contributed by atoms with van der Waals surface area (Å²) in [5.74, 6) is -1.80. The molecule has 1 saturated heterocycles. The maximum atomic E-state index is 12.4. The molecule has 1 amide bonds. The van der Waals surface area contributed by atoms with E-state index in [0.29, 0.717) is 12.3 Å². The number of carbonyl (C=O) groups excluding carboxylic acids is 2. The van der Waals surface area contributed by atoms with E-state index in [-0.39, 0.29) is 23.8 Å². The number of nitrogens with two attached hydrogens (primary N) is 1. The van der Waals surface area contributed by atoms with Crippen molar-refractivity contribution in [3.8, 4) is 0 Å². The third-order valence-corrected chi connectivity index (χ3v) is 6.98. The number of benzene rings is 1. The maximum Gasteiger partial charge on any atom is 0.340 e. The average molecular weight is 484 g/mol. The van der Waals surface area contributed by atoms with E-state index in [0.717, 1.165) is 38.8 Å². The third-order valence-electron chi connectivity index (χ3n) is 5.46. The van der Waals surface area contributed by atoms with E-state index in [9.17, 15) is 27.9 Å². The monoisotopic (exact) mass is 483 g/mol. The molecule has 1 fully saturated rings. The Bertz CT molecular complexity index is 905. The topological polar surface area (TPSA) is 180 Å². The van der Waals surface area contributed by atoms with Gasteiger partial charge in [-0.15, -0.1) is 0 Å². The minimum absolute atomic E-state index is 0.0556. The van der Waals surface area contributed by atoms with Crippen LogP contribution in [0.25, 0.3) is 0 Å². The molecule has 1 aliphatic rings. The Morgan fingerprint density at radius 2 is 1.79 bits per heavy atom. The standard InChI is InChI=1S/C21H33N5O6S/c22-21(20(29)30,26-33(31,32)18-6-2-1-3-7-18)15-17(27)11-14-24-25-19(28)8-4-5-16-9-12-23-13-10-16/h1-3,6-7,16,23-24,26H,4-5,8-15,22H2,(H,25,28)(H,29,30). The van der Waals surface area contributed by atoms with Crippen LogP contribution in [0.5, 0.6) is 0 Å². The van der Waals surface area contributed by atoms with E-state index < -0.39 is 33.9 Å². The number of Topliss-reactive ketones (excluding diaryl/α,β-unsaturated/α-hetero) is 1. The fourth-order valence-electron chi connectivity index (χ4n) is 3.60. The lowest BCUT2D eigenvalue weighted by Gasteiger charge is -2.25. The van der Waals surface area contributed by atoms with Crippen LogP contribution >= 0.6 is 0 Å². The number of piperidine rings is 1. The van der Waals surface area contributed by atoms with E-state index in [1.54, 1.807) is 6.07 Å². The van der Waals surface area contributed by atoms with E-state index in [1.165, 1.54) is 24.3 Å². The minimum Gasteiger partial charge on any atom is -0.479 e. The molecule has 0 spiro atoms. The number of hydrogen-bond acceptors (Lipinski definition) is 8. The zero-order valence-electron chi connectivity index (χ0n) is 18.5. The summed E-state index contributed by atoms with van der Waals surface area (Å²) < 4.78 is 26.8. The Hall–Kier alpha value is -2.38. The van der Waals surface area contributed by atoms with Crippen LogP contribution in [0.1, 0.15) is 44.9 Å². The first-order valence-electron chi connectivity index (χ1n) is 11.0. The van der Waals surface area contributed by atoms with Crippen LogP contribution < -0.4 is 26.6 Å². The van der Waals surface area contributed by atoms with Crippen molar-refractivity contribution in [3.63, 3.8) is 0 Å². The fourth-order valence-corrected chi connectivity index (χ4v) is 4.87. The van der Waals surface area contributed by atoms with E-state index >= 15 is 0 Å². The summed E-state index contributed by atoms with van der Waals surface area (Å²) in [6, 6.07) is 7.13. The first-order valence-corrected chi connectivity index (χ1v) is 12.5. The summed E-state index contributed by atoms with van der Waals surface area (Å²) in [4.78, 5) is 35.6. The molecule has 1 atom stereocenters. The summed E-state index contributed by atoms with van der Waals surface area (Å²) in [6.45, 7) is 2.10.